The van der Waals surface area contributed by atoms with Gasteiger partial charge in [-0.3, -0.25) is 0 Å². The molecule has 0 aliphatic heterocycles. The van der Waals surface area contributed by atoms with Crippen molar-refractivity contribution in [2.45, 2.75) is 12.8 Å². The Labute approximate surface area is 78.5 Å². The first kappa shape index (κ1) is 9.01. The Balaban J connectivity index is 3.25. The molecule has 1 aromatic carbocycles. The smallest absolute Gasteiger partial charge is 0.142 e. The third-order valence-electron chi connectivity index (χ3n) is 1.50. The van der Waals surface area contributed by atoms with Crippen LogP contribution in [-0.2, 0) is 5.88 Å². The number of halogens is 3. The molecule has 0 aromatic heterocycles. The fraction of sp³-hybridized carbons (Fsp3) is 0.250. The standard InChI is InChI=1S/C8H7BrClF/c1-5-2-3-6(4-10)8(11)7(5)9/h2-3H,4H2,1H3. The van der Waals surface area contributed by atoms with Gasteiger partial charge >= 0.3 is 0 Å². The summed E-state index contributed by atoms with van der Waals surface area (Å²) in [6, 6.07) is 3.54. The maximum atomic E-state index is 13.1. The summed E-state index contributed by atoms with van der Waals surface area (Å²) in [7, 11) is 0. The zero-order valence-electron chi connectivity index (χ0n) is 6.00. The Morgan fingerprint density at radius 2 is 2.18 bits per heavy atom. The molecule has 0 N–H and O–H groups in total. The minimum absolute atomic E-state index is 0.213. The molecule has 0 spiro atoms. The van der Waals surface area contributed by atoms with E-state index in [4.69, 9.17) is 11.6 Å². The van der Waals surface area contributed by atoms with Gasteiger partial charge < -0.3 is 0 Å². The highest BCUT2D eigenvalue weighted by molar-refractivity contribution is 9.10. The van der Waals surface area contributed by atoms with Gasteiger partial charge in [0.25, 0.3) is 0 Å². The molecule has 11 heavy (non-hydrogen) atoms. The van der Waals surface area contributed by atoms with E-state index in [-0.39, 0.29) is 11.7 Å². The SMILES string of the molecule is Cc1ccc(CCl)c(F)c1Br. The Morgan fingerprint density at radius 3 is 2.73 bits per heavy atom. The summed E-state index contributed by atoms with van der Waals surface area (Å²) in [6.07, 6.45) is 0. The van der Waals surface area contributed by atoms with Gasteiger partial charge in [-0.15, -0.1) is 11.6 Å². The van der Waals surface area contributed by atoms with E-state index in [9.17, 15) is 4.39 Å². The predicted octanol–water partition coefficient (Wildman–Crippen LogP) is 3.64. The van der Waals surface area contributed by atoms with E-state index >= 15 is 0 Å². The third-order valence-corrected chi connectivity index (χ3v) is 2.76. The Hall–Kier alpha value is -0.0800. The zero-order chi connectivity index (χ0) is 8.43. The molecule has 0 saturated heterocycles. The molecule has 0 unspecified atom stereocenters. The average Bonchev–Trinajstić information content (AvgIpc) is 2.01. The highest BCUT2D eigenvalue weighted by atomic mass is 79.9. The van der Waals surface area contributed by atoms with Crippen LogP contribution < -0.4 is 0 Å². The minimum Gasteiger partial charge on any atom is -0.205 e. The average molecular weight is 237 g/mol. The van der Waals surface area contributed by atoms with Gasteiger partial charge in [-0.05, 0) is 28.4 Å². The maximum Gasteiger partial charge on any atom is 0.142 e. The van der Waals surface area contributed by atoms with E-state index in [1.54, 1.807) is 6.07 Å². The van der Waals surface area contributed by atoms with Gasteiger partial charge in [0.2, 0.25) is 0 Å². The van der Waals surface area contributed by atoms with Gasteiger partial charge in [-0.25, -0.2) is 4.39 Å². The molecule has 60 valence electrons. The number of rotatable bonds is 1. The molecule has 0 heterocycles. The van der Waals surface area contributed by atoms with E-state index in [1.165, 1.54) is 0 Å². The van der Waals surface area contributed by atoms with Crippen LogP contribution in [0.3, 0.4) is 0 Å². The quantitative estimate of drug-likeness (QED) is 0.654. The second-order valence-corrected chi connectivity index (χ2v) is 3.36. The van der Waals surface area contributed by atoms with Gasteiger partial charge in [0.1, 0.15) is 5.82 Å². The van der Waals surface area contributed by atoms with E-state index in [0.717, 1.165) is 5.56 Å². The van der Waals surface area contributed by atoms with Crippen LogP contribution in [0.2, 0.25) is 0 Å². The van der Waals surface area contributed by atoms with Crippen molar-refractivity contribution < 1.29 is 4.39 Å². The molecular weight excluding hydrogens is 230 g/mol. The highest BCUT2D eigenvalue weighted by Crippen LogP contribution is 2.23. The topological polar surface area (TPSA) is 0 Å². The van der Waals surface area contributed by atoms with Crippen LogP contribution in [0.15, 0.2) is 16.6 Å². The lowest BCUT2D eigenvalue weighted by Crippen LogP contribution is -1.89. The summed E-state index contributed by atoms with van der Waals surface area (Å²) in [6.45, 7) is 1.84. The van der Waals surface area contributed by atoms with Crippen molar-refractivity contribution in [3.8, 4) is 0 Å². The van der Waals surface area contributed by atoms with Crippen molar-refractivity contribution in [1.82, 2.24) is 0 Å². The van der Waals surface area contributed by atoms with Crippen LogP contribution in [0.1, 0.15) is 11.1 Å². The molecule has 0 fully saturated rings. The summed E-state index contributed by atoms with van der Waals surface area (Å²) in [5.41, 5.74) is 1.42. The van der Waals surface area contributed by atoms with Crippen molar-refractivity contribution in [2.75, 3.05) is 0 Å². The fourth-order valence-corrected chi connectivity index (χ4v) is 1.38. The van der Waals surface area contributed by atoms with Crippen LogP contribution in [-0.4, -0.2) is 0 Å². The van der Waals surface area contributed by atoms with Gasteiger partial charge in [0, 0.05) is 5.56 Å². The summed E-state index contributed by atoms with van der Waals surface area (Å²) in [4.78, 5) is 0. The van der Waals surface area contributed by atoms with Crippen molar-refractivity contribution in [3.63, 3.8) is 0 Å². The molecule has 1 rings (SSSR count). The van der Waals surface area contributed by atoms with Crippen LogP contribution in [0.25, 0.3) is 0 Å². The first-order chi connectivity index (χ1) is 5.16. The van der Waals surface area contributed by atoms with Gasteiger partial charge in [0.05, 0.1) is 10.4 Å². The Morgan fingerprint density at radius 1 is 1.55 bits per heavy atom. The lowest BCUT2D eigenvalue weighted by atomic mass is 10.2. The van der Waals surface area contributed by atoms with Gasteiger partial charge in [0.15, 0.2) is 0 Å². The fourth-order valence-electron chi connectivity index (χ4n) is 0.789. The normalized spacial score (nSPS) is 10.2. The summed E-state index contributed by atoms with van der Waals surface area (Å²) in [5, 5.41) is 0. The van der Waals surface area contributed by atoms with Crippen molar-refractivity contribution >= 4 is 27.5 Å². The third kappa shape index (κ3) is 1.74. The molecule has 3 heteroatoms. The zero-order valence-corrected chi connectivity index (χ0v) is 8.34. The largest absolute Gasteiger partial charge is 0.205 e. The van der Waals surface area contributed by atoms with E-state index in [2.05, 4.69) is 15.9 Å². The van der Waals surface area contributed by atoms with E-state index in [0.29, 0.717) is 10.0 Å². The van der Waals surface area contributed by atoms with Crippen LogP contribution in [0, 0.1) is 12.7 Å². The number of benzene rings is 1. The van der Waals surface area contributed by atoms with Crippen molar-refractivity contribution in [1.29, 1.82) is 0 Å². The first-order valence-electron chi connectivity index (χ1n) is 3.16. The van der Waals surface area contributed by atoms with Crippen molar-refractivity contribution in [3.05, 3.63) is 33.5 Å². The minimum atomic E-state index is -0.250. The monoisotopic (exact) mass is 236 g/mol. The summed E-state index contributed by atoms with van der Waals surface area (Å²) in [5.74, 6) is -0.0370. The molecule has 1 aromatic rings. The molecule has 0 radical (unpaired) electrons. The Kier molecular flexibility index (Phi) is 2.90. The predicted molar refractivity (Wildman–Crippen MR) is 48.4 cm³/mol. The molecule has 0 atom stereocenters. The summed E-state index contributed by atoms with van der Waals surface area (Å²) < 4.78 is 13.6. The molecule has 0 aliphatic carbocycles. The van der Waals surface area contributed by atoms with E-state index in [1.807, 2.05) is 13.0 Å². The second kappa shape index (κ2) is 3.55. The Bertz CT molecular complexity index is 273. The molecule has 0 saturated carbocycles. The number of aryl methyl sites for hydroxylation is 1. The van der Waals surface area contributed by atoms with Gasteiger partial charge in [-0.2, -0.15) is 0 Å². The lowest BCUT2D eigenvalue weighted by Gasteiger charge is -2.02. The number of hydrogen-bond acceptors (Lipinski definition) is 0. The molecule has 0 aliphatic rings. The molecule has 0 bridgehead atoms. The maximum absolute atomic E-state index is 13.1. The van der Waals surface area contributed by atoms with Crippen LogP contribution in [0.5, 0.6) is 0 Å². The second-order valence-electron chi connectivity index (χ2n) is 2.30. The first-order valence-corrected chi connectivity index (χ1v) is 4.49. The molecular formula is C8H7BrClF. The lowest BCUT2D eigenvalue weighted by molar-refractivity contribution is 0.609. The molecule has 0 nitrogen and oxygen atoms in total. The van der Waals surface area contributed by atoms with Crippen LogP contribution in [0.4, 0.5) is 4.39 Å². The summed E-state index contributed by atoms with van der Waals surface area (Å²) >= 11 is 8.63. The van der Waals surface area contributed by atoms with E-state index < -0.39 is 0 Å². The van der Waals surface area contributed by atoms with Gasteiger partial charge in [-0.1, -0.05) is 12.1 Å². The number of hydrogen-bond donors (Lipinski definition) is 0. The van der Waals surface area contributed by atoms with Crippen LogP contribution >= 0.6 is 27.5 Å². The number of alkyl halides is 1. The highest BCUT2D eigenvalue weighted by Gasteiger charge is 2.06. The molecule has 0 amide bonds. The van der Waals surface area contributed by atoms with Crippen molar-refractivity contribution in [2.24, 2.45) is 0 Å².